The summed E-state index contributed by atoms with van der Waals surface area (Å²) in [7, 11) is -4.43. The lowest BCUT2D eigenvalue weighted by Gasteiger charge is -1.85. The molecule has 0 spiro atoms. The molecule has 58 valence electrons. The minimum Gasteiger partial charge on any atom is -0.497 e. The highest BCUT2D eigenvalue weighted by molar-refractivity contribution is 8.03. The molecule has 1 heterocycles. The minimum atomic E-state index is -4.43. The van der Waals surface area contributed by atoms with Crippen LogP contribution in [0.15, 0.2) is 9.98 Å². The molecule has 8 heteroatoms. The second kappa shape index (κ2) is 2.35. The van der Waals surface area contributed by atoms with Crippen molar-refractivity contribution in [1.82, 2.24) is 0 Å². The second-order valence-corrected chi connectivity index (χ2v) is 2.91. The van der Waals surface area contributed by atoms with Crippen LogP contribution in [0.2, 0.25) is 0 Å². The summed E-state index contributed by atoms with van der Waals surface area (Å²) in [6.07, 6.45) is 0.859. The topological polar surface area (TPSA) is 115 Å². The van der Waals surface area contributed by atoms with Crippen LogP contribution in [0.25, 0.3) is 5.53 Å². The van der Waals surface area contributed by atoms with Crippen LogP contribution < -0.4 is 0 Å². The maximum Gasteiger partial charge on any atom is 0.443 e. The Kier molecular flexibility index (Phi) is 1.65. The van der Waals surface area contributed by atoms with Crippen molar-refractivity contribution in [2.24, 2.45) is 9.98 Å². The number of hydrogen-bond acceptors (Lipinski definition) is 3. The van der Waals surface area contributed by atoms with Gasteiger partial charge in [-0.1, -0.05) is 0 Å². The van der Waals surface area contributed by atoms with Gasteiger partial charge in [-0.2, -0.15) is 13.4 Å². The van der Waals surface area contributed by atoms with Gasteiger partial charge in [-0.05, 0) is 4.99 Å². The monoisotopic (exact) mass is 174 g/mol. The zero-order chi connectivity index (χ0) is 8.48. The molecule has 0 aromatic rings. The van der Waals surface area contributed by atoms with Gasteiger partial charge in [0, 0.05) is 0 Å². The van der Waals surface area contributed by atoms with Crippen LogP contribution in [0.3, 0.4) is 0 Å². The Morgan fingerprint density at radius 1 is 1.64 bits per heavy atom. The van der Waals surface area contributed by atoms with Gasteiger partial charge in [0.1, 0.15) is 0 Å². The van der Waals surface area contributed by atoms with Crippen molar-refractivity contribution >= 4 is 27.3 Å². The van der Waals surface area contributed by atoms with E-state index in [1.165, 1.54) is 0 Å². The number of rotatable bonds is 0. The fourth-order valence-corrected chi connectivity index (χ4v) is 1.00. The van der Waals surface area contributed by atoms with E-state index in [-0.39, 0.29) is 0 Å². The summed E-state index contributed by atoms with van der Waals surface area (Å²) in [6.45, 7) is 0. The van der Waals surface area contributed by atoms with Crippen molar-refractivity contribution < 1.29 is 17.8 Å². The molecule has 11 heavy (non-hydrogen) atoms. The van der Waals surface area contributed by atoms with E-state index >= 15 is 0 Å². The predicted octanol–water partition coefficient (Wildman–Crippen LogP) is -1.06. The SMILES string of the molecule is [N-]=[N+]=C1N=CN=C1S(=O)(=O)O. The number of nitrogens with zero attached hydrogens (tertiary/aromatic N) is 4. The van der Waals surface area contributed by atoms with Gasteiger partial charge < -0.3 is 10.3 Å². The van der Waals surface area contributed by atoms with Crippen LogP contribution in [0.4, 0.5) is 0 Å². The van der Waals surface area contributed by atoms with E-state index in [4.69, 9.17) is 10.1 Å². The Morgan fingerprint density at radius 2 is 2.27 bits per heavy atom. The maximum absolute atomic E-state index is 10.4. The highest BCUT2D eigenvalue weighted by Gasteiger charge is 2.32. The van der Waals surface area contributed by atoms with Gasteiger partial charge in [-0.25, -0.2) is 0 Å². The quantitative estimate of drug-likeness (QED) is 0.286. The third-order valence-electron chi connectivity index (χ3n) is 0.885. The molecule has 7 nitrogen and oxygen atoms in total. The molecule has 0 unspecified atom stereocenters. The Bertz CT molecular complexity index is 385. The molecule has 1 rings (SSSR count). The molecule has 1 aliphatic rings. The largest absolute Gasteiger partial charge is 0.497 e. The fourth-order valence-electron chi connectivity index (χ4n) is 0.500. The predicted molar refractivity (Wildman–Crippen MR) is 36.1 cm³/mol. The molecule has 0 aromatic carbocycles. The lowest BCUT2D eigenvalue weighted by molar-refractivity contribution is -0.00255. The third-order valence-corrected chi connectivity index (χ3v) is 1.66. The summed E-state index contributed by atoms with van der Waals surface area (Å²) in [5.41, 5.74) is 8.12. The van der Waals surface area contributed by atoms with Crippen LogP contribution >= 0.6 is 0 Å². The van der Waals surface area contributed by atoms with Gasteiger partial charge in [0.15, 0.2) is 0 Å². The van der Waals surface area contributed by atoms with Crippen molar-refractivity contribution in [3.63, 3.8) is 0 Å². The number of hydrogen-bond donors (Lipinski definition) is 1. The number of amidine groups is 1. The maximum atomic E-state index is 10.4. The standard InChI is InChI=1S/C3H2N4O3S/c4-7-2-3(6-1-5-2)11(8,9)10/h1H,(H,8,9,10). The van der Waals surface area contributed by atoms with E-state index in [0.29, 0.717) is 0 Å². The molecule has 1 aliphatic heterocycles. The van der Waals surface area contributed by atoms with Gasteiger partial charge in [0.05, 0.1) is 0 Å². The van der Waals surface area contributed by atoms with E-state index in [1.807, 2.05) is 0 Å². The van der Waals surface area contributed by atoms with E-state index in [9.17, 15) is 8.42 Å². The van der Waals surface area contributed by atoms with Gasteiger partial charge >= 0.3 is 16.0 Å². The van der Waals surface area contributed by atoms with Crippen LogP contribution in [-0.4, -0.2) is 35.0 Å². The lowest BCUT2D eigenvalue weighted by atomic mass is 10.7. The van der Waals surface area contributed by atoms with Crippen LogP contribution in [-0.2, 0) is 10.1 Å². The number of aliphatic imine (C=N–C) groups is 2. The highest BCUT2D eigenvalue weighted by Crippen LogP contribution is 1.97. The first-order chi connectivity index (χ1) is 5.05. The Morgan fingerprint density at radius 3 is 2.64 bits per heavy atom. The first-order valence-corrected chi connectivity index (χ1v) is 3.80. The Hall–Kier alpha value is -1.37. The lowest BCUT2D eigenvalue weighted by Crippen LogP contribution is -2.20. The Balaban J connectivity index is 3.25. The summed E-state index contributed by atoms with van der Waals surface area (Å²) in [5, 5.41) is -0.750. The van der Waals surface area contributed by atoms with E-state index in [2.05, 4.69) is 14.8 Å². The second-order valence-electron chi connectivity index (χ2n) is 1.58. The summed E-state index contributed by atoms with van der Waals surface area (Å²) in [6, 6.07) is 0. The van der Waals surface area contributed by atoms with E-state index in [0.717, 1.165) is 6.34 Å². The van der Waals surface area contributed by atoms with Crippen LogP contribution in [0.5, 0.6) is 0 Å². The zero-order valence-electron chi connectivity index (χ0n) is 5.04. The average molecular weight is 174 g/mol. The van der Waals surface area contributed by atoms with Crippen molar-refractivity contribution in [2.45, 2.75) is 0 Å². The molecule has 0 saturated carbocycles. The van der Waals surface area contributed by atoms with Gasteiger partial charge in [0.25, 0.3) is 5.04 Å². The molecule has 1 N–H and O–H groups in total. The van der Waals surface area contributed by atoms with E-state index in [1.54, 1.807) is 0 Å². The van der Waals surface area contributed by atoms with Crippen molar-refractivity contribution in [2.75, 3.05) is 0 Å². The summed E-state index contributed by atoms with van der Waals surface area (Å²) in [5.74, 6) is -0.521. The van der Waals surface area contributed by atoms with Crippen LogP contribution in [0.1, 0.15) is 0 Å². The smallest absolute Gasteiger partial charge is 0.443 e. The van der Waals surface area contributed by atoms with Crippen molar-refractivity contribution in [1.29, 1.82) is 0 Å². The highest BCUT2D eigenvalue weighted by atomic mass is 32.2. The van der Waals surface area contributed by atoms with Crippen LogP contribution in [0, 0.1) is 0 Å². The fraction of sp³-hybridized carbons (Fsp3) is 0. The van der Waals surface area contributed by atoms with Gasteiger partial charge in [-0.15, -0.1) is 0 Å². The van der Waals surface area contributed by atoms with Gasteiger partial charge in [-0.3, -0.25) is 4.55 Å². The Labute approximate surface area is 61.5 Å². The zero-order valence-corrected chi connectivity index (χ0v) is 5.85. The van der Waals surface area contributed by atoms with Gasteiger partial charge in [0.2, 0.25) is 6.34 Å². The average Bonchev–Trinajstić information content (AvgIpc) is 2.31. The molecule has 0 amide bonds. The molecular weight excluding hydrogens is 172 g/mol. The molecule has 0 aliphatic carbocycles. The summed E-state index contributed by atoms with van der Waals surface area (Å²) >= 11 is 0. The van der Waals surface area contributed by atoms with Crippen molar-refractivity contribution in [3.8, 4) is 0 Å². The molecule has 0 saturated heterocycles. The minimum absolute atomic E-state index is 0.521. The molecule has 0 aromatic heterocycles. The van der Waals surface area contributed by atoms with E-state index < -0.39 is 21.0 Å². The molecular formula is C3H2N4O3S. The molecule has 0 radical (unpaired) electrons. The first kappa shape index (κ1) is 7.73. The first-order valence-electron chi connectivity index (χ1n) is 2.36. The summed E-state index contributed by atoms with van der Waals surface area (Å²) < 4.78 is 29.1. The molecule has 0 atom stereocenters. The third kappa shape index (κ3) is 1.37. The molecule has 0 bridgehead atoms. The summed E-state index contributed by atoms with van der Waals surface area (Å²) in [4.78, 5) is 8.87. The van der Waals surface area contributed by atoms with Crippen molar-refractivity contribution in [3.05, 3.63) is 5.53 Å². The normalized spacial score (nSPS) is 16.5. The molecule has 0 fully saturated rings.